The first-order valence-corrected chi connectivity index (χ1v) is 19.1. The first-order valence-electron chi connectivity index (χ1n) is 16.0. The van der Waals surface area contributed by atoms with E-state index in [9.17, 15) is 24.8 Å². The number of ether oxygens (including phenoxy) is 2. The van der Waals surface area contributed by atoms with E-state index in [1.165, 1.54) is 12.1 Å². The van der Waals surface area contributed by atoms with E-state index in [-0.39, 0.29) is 42.1 Å². The zero-order valence-electron chi connectivity index (χ0n) is 27.4. The quantitative estimate of drug-likeness (QED) is 0.121. The van der Waals surface area contributed by atoms with Gasteiger partial charge in [0.1, 0.15) is 5.75 Å². The average molecular weight is 666 g/mol. The van der Waals surface area contributed by atoms with Gasteiger partial charge in [0.2, 0.25) is 0 Å². The predicted molar refractivity (Wildman–Crippen MR) is 186 cm³/mol. The number of aliphatic hydroxyl groups excluding tert-OH is 1. The van der Waals surface area contributed by atoms with Crippen LogP contribution in [0.1, 0.15) is 34.8 Å². The number of carbonyl (C=O) groups is 2. The number of aliphatic hydroxyl groups is 1. The fourth-order valence-corrected chi connectivity index (χ4v) is 11.8. The van der Waals surface area contributed by atoms with Crippen LogP contribution in [-0.2, 0) is 21.7 Å². The molecule has 1 saturated heterocycles. The minimum Gasteiger partial charge on any atom is -0.497 e. The SMILES string of the molecule is COc1ccc([Si](C)(C)[C@@H]2[C@@H](CCO)O[C@]3(C(=O)N(Cc4cccc(NC(=O)c5ccccc5)c4)c4ccc([N+](=O)[O-])cc43)[C@H]2C)cc1. The van der Waals surface area contributed by atoms with Crippen molar-refractivity contribution in [3.63, 3.8) is 0 Å². The van der Waals surface area contributed by atoms with Crippen LogP contribution < -0.4 is 20.1 Å². The zero-order valence-corrected chi connectivity index (χ0v) is 28.4. The van der Waals surface area contributed by atoms with E-state index in [4.69, 9.17) is 9.47 Å². The number of hydrogen-bond donors (Lipinski definition) is 2. The molecule has 4 aromatic rings. The highest BCUT2D eigenvalue weighted by atomic mass is 28.3. The summed E-state index contributed by atoms with van der Waals surface area (Å²) in [6.45, 7) is 6.51. The highest BCUT2D eigenvalue weighted by Crippen LogP contribution is 2.60. The van der Waals surface area contributed by atoms with Crippen molar-refractivity contribution in [3.05, 3.63) is 124 Å². The Morgan fingerprint density at radius 3 is 2.44 bits per heavy atom. The number of anilines is 2. The molecule has 248 valence electrons. The van der Waals surface area contributed by atoms with Gasteiger partial charge in [-0.1, -0.05) is 67.7 Å². The molecule has 10 nitrogen and oxygen atoms in total. The van der Waals surface area contributed by atoms with E-state index in [2.05, 4.69) is 30.5 Å². The van der Waals surface area contributed by atoms with Gasteiger partial charge in [-0.15, -0.1) is 0 Å². The van der Waals surface area contributed by atoms with Gasteiger partial charge in [0.25, 0.3) is 17.5 Å². The Bertz CT molecular complexity index is 1850. The van der Waals surface area contributed by atoms with Crippen molar-refractivity contribution in [1.29, 1.82) is 0 Å². The Labute approximate surface area is 280 Å². The number of rotatable bonds is 10. The van der Waals surface area contributed by atoms with Crippen molar-refractivity contribution in [1.82, 2.24) is 0 Å². The van der Waals surface area contributed by atoms with Gasteiger partial charge in [0, 0.05) is 41.5 Å². The molecule has 0 aliphatic carbocycles. The number of nitro benzene ring substituents is 1. The highest BCUT2D eigenvalue weighted by Gasteiger charge is 2.66. The van der Waals surface area contributed by atoms with Crippen LogP contribution in [-0.4, -0.2) is 49.7 Å². The van der Waals surface area contributed by atoms with Crippen LogP contribution in [0.25, 0.3) is 0 Å². The molecule has 2 aliphatic rings. The van der Waals surface area contributed by atoms with E-state index >= 15 is 0 Å². The van der Waals surface area contributed by atoms with E-state index < -0.39 is 24.7 Å². The fraction of sp³-hybridized carbons (Fsp3) is 0.297. The molecule has 0 unspecified atom stereocenters. The average Bonchev–Trinajstić information content (AvgIpc) is 3.51. The van der Waals surface area contributed by atoms with Gasteiger partial charge in [-0.2, -0.15) is 0 Å². The van der Waals surface area contributed by atoms with E-state index in [0.29, 0.717) is 28.9 Å². The predicted octanol–water partition coefficient (Wildman–Crippen LogP) is 6.00. The molecule has 2 heterocycles. The Morgan fingerprint density at radius 1 is 1.04 bits per heavy atom. The lowest BCUT2D eigenvalue weighted by Crippen LogP contribution is -2.51. The molecule has 11 heteroatoms. The zero-order chi connectivity index (χ0) is 34.2. The lowest BCUT2D eigenvalue weighted by atomic mass is 9.82. The van der Waals surface area contributed by atoms with Crippen molar-refractivity contribution in [2.24, 2.45) is 5.92 Å². The van der Waals surface area contributed by atoms with Gasteiger partial charge in [0.05, 0.1) is 38.4 Å². The molecule has 0 bridgehead atoms. The molecule has 2 amide bonds. The number of nitro groups is 1. The lowest BCUT2D eigenvalue weighted by molar-refractivity contribution is -0.385. The molecule has 4 atom stereocenters. The molecule has 0 saturated carbocycles. The summed E-state index contributed by atoms with van der Waals surface area (Å²) >= 11 is 0. The summed E-state index contributed by atoms with van der Waals surface area (Å²) in [6.07, 6.45) is -0.134. The third-order valence-electron chi connectivity index (χ3n) is 10.0. The number of nitrogens with zero attached hydrogens (tertiary/aromatic N) is 2. The van der Waals surface area contributed by atoms with E-state index in [1.807, 2.05) is 43.3 Å². The van der Waals surface area contributed by atoms with Crippen LogP contribution in [0.3, 0.4) is 0 Å². The van der Waals surface area contributed by atoms with Crippen LogP contribution in [0.4, 0.5) is 17.1 Å². The molecule has 1 spiro atoms. The van der Waals surface area contributed by atoms with Crippen LogP contribution in [0.15, 0.2) is 97.1 Å². The molecule has 0 aromatic heterocycles. The second-order valence-corrected chi connectivity index (χ2v) is 17.7. The first-order chi connectivity index (χ1) is 23.0. The number of amides is 2. The monoisotopic (exact) mass is 665 g/mol. The van der Waals surface area contributed by atoms with Crippen LogP contribution in [0, 0.1) is 16.0 Å². The van der Waals surface area contributed by atoms with E-state index in [0.717, 1.165) is 16.5 Å². The minimum atomic E-state index is -2.41. The summed E-state index contributed by atoms with van der Waals surface area (Å²) < 4.78 is 12.3. The Hall–Kier alpha value is -4.84. The summed E-state index contributed by atoms with van der Waals surface area (Å²) in [5.41, 5.74) is 1.15. The smallest absolute Gasteiger partial charge is 0.269 e. The fourth-order valence-electron chi connectivity index (χ4n) is 7.69. The normalized spacial score (nSPS) is 21.7. The maximum Gasteiger partial charge on any atom is 0.269 e. The first kappa shape index (κ1) is 33.1. The van der Waals surface area contributed by atoms with E-state index in [1.54, 1.807) is 48.4 Å². The highest BCUT2D eigenvalue weighted by molar-refractivity contribution is 6.91. The molecular weight excluding hydrogens is 627 g/mol. The van der Waals surface area contributed by atoms with Crippen LogP contribution >= 0.6 is 0 Å². The lowest BCUT2D eigenvalue weighted by Gasteiger charge is -2.37. The standard InChI is InChI=1S/C37H39N3O7Si/c1-24-34(48(3,4)30-16-14-29(46-2)15-17-30)33(19-20-41)47-37(24)31-22-28(40(44)45)13-18-32(31)39(36(37)43)23-25-9-8-12-27(21-25)38-35(42)26-10-6-5-7-11-26/h5-18,21-22,24,33-34,41H,19-20,23H2,1-4H3,(H,38,42)/t24-,33+,34-,37+/m0/s1. The number of carbonyl (C=O) groups excluding carboxylic acids is 2. The topological polar surface area (TPSA) is 131 Å². The van der Waals surface area contributed by atoms with Gasteiger partial charge in [0.15, 0.2) is 5.60 Å². The number of methoxy groups -OCH3 is 1. The van der Waals surface area contributed by atoms with Crippen molar-refractivity contribution < 1.29 is 29.1 Å². The Morgan fingerprint density at radius 2 is 1.77 bits per heavy atom. The molecular formula is C37H39N3O7Si. The second-order valence-electron chi connectivity index (χ2n) is 13.0. The summed E-state index contributed by atoms with van der Waals surface area (Å²) in [7, 11) is -0.787. The number of benzene rings is 4. The molecule has 0 radical (unpaired) electrons. The summed E-state index contributed by atoms with van der Waals surface area (Å²) in [5.74, 6) is -0.171. The molecule has 6 rings (SSSR count). The van der Waals surface area contributed by atoms with Crippen molar-refractivity contribution >= 4 is 42.1 Å². The molecule has 48 heavy (non-hydrogen) atoms. The molecule has 2 N–H and O–H groups in total. The van der Waals surface area contributed by atoms with Crippen molar-refractivity contribution in [3.8, 4) is 5.75 Å². The third kappa shape index (κ3) is 5.67. The third-order valence-corrected chi connectivity index (χ3v) is 14.4. The number of nitrogens with one attached hydrogen (secondary N) is 1. The van der Waals surface area contributed by atoms with Crippen LogP contribution in [0.2, 0.25) is 18.6 Å². The Kier molecular flexibility index (Phi) is 8.95. The van der Waals surface area contributed by atoms with Gasteiger partial charge >= 0.3 is 0 Å². The van der Waals surface area contributed by atoms with Crippen molar-refractivity contribution in [2.75, 3.05) is 23.9 Å². The summed E-state index contributed by atoms with van der Waals surface area (Å²) in [4.78, 5) is 40.9. The largest absolute Gasteiger partial charge is 0.497 e. The minimum absolute atomic E-state index is 0.106. The maximum absolute atomic E-state index is 14.9. The number of hydrogen-bond acceptors (Lipinski definition) is 7. The molecule has 2 aliphatic heterocycles. The summed E-state index contributed by atoms with van der Waals surface area (Å²) in [5, 5.41) is 26.2. The van der Waals surface area contributed by atoms with Gasteiger partial charge in [-0.3, -0.25) is 19.7 Å². The van der Waals surface area contributed by atoms with Gasteiger partial charge in [-0.05, 0) is 60.0 Å². The second kappa shape index (κ2) is 13.0. The number of non-ortho nitro benzene ring substituents is 1. The molecule has 4 aromatic carbocycles. The summed E-state index contributed by atoms with van der Waals surface area (Å²) in [6, 6.07) is 28.7. The van der Waals surface area contributed by atoms with Crippen LogP contribution in [0.5, 0.6) is 5.75 Å². The number of fused-ring (bicyclic) bond motifs is 2. The van der Waals surface area contributed by atoms with Crippen molar-refractivity contribution in [2.45, 2.75) is 50.2 Å². The van der Waals surface area contributed by atoms with Gasteiger partial charge < -0.3 is 24.8 Å². The molecule has 1 fully saturated rings. The Balaban J connectivity index is 1.38. The maximum atomic E-state index is 14.9. The van der Waals surface area contributed by atoms with Gasteiger partial charge in [-0.25, -0.2) is 0 Å².